The van der Waals surface area contributed by atoms with Crippen molar-refractivity contribution in [1.29, 1.82) is 0 Å². The molecule has 0 aliphatic heterocycles. The van der Waals surface area contributed by atoms with Crippen LogP contribution in [-0.4, -0.2) is 15.1 Å². The predicted octanol–water partition coefficient (Wildman–Crippen LogP) is 1.36. The van der Waals surface area contributed by atoms with E-state index in [0.29, 0.717) is 0 Å². The third kappa shape index (κ3) is 0.905. The zero-order valence-electron chi connectivity index (χ0n) is 6.83. The van der Waals surface area contributed by atoms with Crippen LogP contribution in [0.15, 0.2) is 18.3 Å². The van der Waals surface area contributed by atoms with Crippen LogP contribution in [0.1, 0.15) is 11.3 Å². The molecule has 62 valence electrons. The number of nitrogens with one attached hydrogen (secondary N) is 1. The Kier molecular flexibility index (Phi) is 1.59. The minimum atomic E-state index is 0.0438. The summed E-state index contributed by atoms with van der Waals surface area (Å²) in [6.45, 7) is 2.02. The standard InChI is InChI=1S/C9H10N2O/c1-6-7-3-2-4-10-9(7)11-8(6)5-12/h2-4,12H,5H2,1H3,(H,10,11). The van der Waals surface area contributed by atoms with Crippen LogP contribution >= 0.6 is 0 Å². The van der Waals surface area contributed by atoms with Crippen LogP contribution < -0.4 is 0 Å². The largest absolute Gasteiger partial charge is 0.390 e. The average Bonchev–Trinajstić information content (AvgIpc) is 2.44. The van der Waals surface area contributed by atoms with E-state index in [-0.39, 0.29) is 6.61 Å². The second-order valence-corrected chi connectivity index (χ2v) is 2.79. The number of rotatable bonds is 1. The number of hydrogen-bond donors (Lipinski definition) is 2. The molecule has 0 aliphatic carbocycles. The first-order valence-electron chi connectivity index (χ1n) is 3.86. The fourth-order valence-electron chi connectivity index (χ4n) is 1.36. The maximum Gasteiger partial charge on any atom is 0.137 e. The molecule has 0 aromatic carbocycles. The highest BCUT2D eigenvalue weighted by Crippen LogP contribution is 2.18. The molecule has 12 heavy (non-hydrogen) atoms. The van der Waals surface area contributed by atoms with Gasteiger partial charge < -0.3 is 10.1 Å². The van der Waals surface area contributed by atoms with Crippen LogP contribution in [0.2, 0.25) is 0 Å². The molecule has 0 aliphatic rings. The van der Waals surface area contributed by atoms with Gasteiger partial charge in [-0.3, -0.25) is 0 Å². The van der Waals surface area contributed by atoms with Crippen molar-refractivity contribution in [1.82, 2.24) is 9.97 Å². The third-order valence-electron chi connectivity index (χ3n) is 2.09. The first kappa shape index (κ1) is 7.31. The number of aromatic nitrogens is 2. The maximum atomic E-state index is 8.96. The molecule has 2 rings (SSSR count). The average molecular weight is 162 g/mol. The first-order chi connectivity index (χ1) is 5.83. The summed E-state index contributed by atoms with van der Waals surface area (Å²) < 4.78 is 0. The van der Waals surface area contributed by atoms with E-state index in [1.165, 1.54) is 0 Å². The molecule has 2 heterocycles. The Bertz CT molecular complexity index is 406. The van der Waals surface area contributed by atoms with E-state index < -0.39 is 0 Å². The summed E-state index contributed by atoms with van der Waals surface area (Å²) in [5.41, 5.74) is 2.78. The van der Waals surface area contributed by atoms with Crippen molar-refractivity contribution in [3.05, 3.63) is 29.6 Å². The summed E-state index contributed by atoms with van der Waals surface area (Å²) >= 11 is 0. The molecule has 3 heteroatoms. The summed E-state index contributed by atoms with van der Waals surface area (Å²) in [6, 6.07) is 3.89. The molecule has 0 spiro atoms. The van der Waals surface area contributed by atoms with Crippen molar-refractivity contribution in [3.63, 3.8) is 0 Å². The van der Waals surface area contributed by atoms with Crippen molar-refractivity contribution in [3.8, 4) is 0 Å². The molecule has 2 aromatic rings. The van der Waals surface area contributed by atoms with Gasteiger partial charge in [-0.25, -0.2) is 4.98 Å². The van der Waals surface area contributed by atoms with Crippen molar-refractivity contribution in [2.45, 2.75) is 13.5 Å². The zero-order chi connectivity index (χ0) is 8.55. The molecule has 0 atom stereocenters. The fourth-order valence-corrected chi connectivity index (χ4v) is 1.36. The molecular formula is C9H10N2O. The van der Waals surface area contributed by atoms with Crippen molar-refractivity contribution >= 4 is 11.0 Å². The Balaban J connectivity index is 2.78. The summed E-state index contributed by atoms with van der Waals surface area (Å²) in [6.07, 6.45) is 1.74. The van der Waals surface area contributed by atoms with Gasteiger partial charge in [0.1, 0.15) is 5.65 Å². The highest BCUT2D eigenvalue weighted by atomic mass is 16.3. The van der Waals surface area contributed by atoms with Crippen LogP contribution in [0.5, 0.6) is 0 Å². The van der Waals surface area contributed by atoms with E-state index in [4.69, 9.17) is 5.11 Å². The summed E-state index contributed by atoms with van der Waals surface area (Å²) in [5.74, 6) is 0. The van der Waals surface area contributed by atoms with Crippen LogP contribution in [0.3, 0.4) is 0 Å². The van der Waals surface area contributed by atoms with E-state index in [2.05, 4.69) is 9.97 Å². The fraction of sp³-hybridized carbons (Fsp3) is 0.222. The van der Waals surface area contributed by atoms with Gasteiger partial charge in [-0.2, -0.15) is 0 Å². The Hall–Kier alpha value is -1.35. The minimum absolute atomic E-state index is 0.0438. The molecule has 0 amide bonds. The van der Waals surface area contributed by atoms with Crippen LogP contribution in [-0.2, 0) is 6.61 Å². The molecule has 0 fully saturated rings. The number of aliphatic hydroxyl groups is 1. The summed E-state index contributed by atoms with van der Waals surface area (Å²) in [4.78, 5) is 7.20. The van der Waals surface area contributed by atoms with Gasteiger partial charge in [0.2, 0.25) is 0 Å². The smallest absolute Gasteiger partial charge is 0.137 e. The Labute approximate surface area is 70.1 Å². The molecular weight excluding hydrogens is 152 g/mol. The maximum absolute atomic E-state index is 8.96. The number of pyridine rings is 1. The normalized spacial score (nSPS) is 10.8. The zero-order valence-corrected chi connectivity index (χ0v) is 6.83. The first-order valence-corrected chi connectivity index (χ1v) is 3.86. The number of aromatic amines is 1. The van der Waals surface area contributed by atoms with Gasteiger partial charge in [0.25, 0.3) is 0 Å². The quantitative estimate of drug-likeness (QED) is 0.665. The van der Waals surface area contributed by atoms with E-state index in [9.17, 15) is 0 Å². The van der Waals surface area contributed by atoms with Gasteiger partial charge in [0.15, 0.2) is 0 Å². The van der Waals surface area contributed by atoms with Crippen molar-refractivity contribution in [2.24, 2.45) is 0 Å². The molecule has 0 unspecified atom stereocenters. The third-order valence-corrected chi connectivity index (χ3v) is 2.09. The minimum Gasteiger partial charge on any atom is -0.390 e. The lowest BCUT2D eigenvalue weighted by Gasteiger charge is -1.90. The molecule has 0 radical (unpaired) electrons. The van der Waals surface area contributed by atoms with Gasteiger partial charge in [0, 0.05) is 17.3 Å². The molecule has 2 aromatic heterocycles. The topological polar surface area (TPSA) is 48.9 Å². The van der Waals surface area contributed by atoms with Crippen molar-refractivity contribution in [2.75, 3.05) is 0 Å². The number of nitrogens with zero attached hydrogens (tertiary/aromatic N) is 1. The van der Waals surface area contributed by atoms with Crippen LogP contribution in [0.4, 0.5) is 0 Å². The molecule has 3 nitrogen and oxygen atoms in total. The van der Waals surface area contributed by atoms with E-state index in [1.807, 2.05) is 19.1 Å². The predicted molar refractivity (Wildman–Crippen MR) is 46.8 cm³/mol. The Morgan fingerprint density at radius 2 is 2.42 bits per heavy atom. The van der Waals surface area contributed by atoms with Gasteiger partial charge in [0.05, 0.1) is 6.61 Å². The summed E-state index contributed by atoms with van der Waals surface area (Å²) in [7, 11) is 0. The molecule has 0 saturated heterocycles. The lowest BCUT2D eigenvalue weighted by Crippen LogP contribution is -1.84. The van der Waals surface area contributed by atoms with Crippen molar-refractivity contribution < 1.29 is 5.11 Å². The van der Waals surface area contributed by atoms with Gasteiger partial charge in [-0.05, 0) is 24.6 Å². The second-order valence-electron chi connectivity index (χ2n) is 2.79. The highest BCUT2D eigenvalue weighted by Gasteiger charge is 2.05. The Morgan fingerprint density at radius 1 is 1.58 bits per heavy atom. The molecule has 0 bridgehead atoms. The van der Waals surface area contributed by atoms with E-state index in [0.717, 1.165) is 22.3 Å². The van der Waals surface area contributed by atoms with E-state index in [1.54, 1.807) is 6.20 Å². The molecule has 0 saturated carbocycles. The lowest BCUT2D eigenvalue weighted by molar-refractivity contribution is 0.277. The van der Waals surface area contributed by atoms with Crippen LogP contribution in [0, 0.1) is 6.92 Å². The number of hydrogen-bond acceptors (Lipinski definition) is 2. The number of aryl methyl sites for hydroxylation is 1. The van der Waals surface area contributed by atoms with Gasteiger partial charge in [-0.15, -0.1) is 0 Å². The SMILES string of the molecule is Cc1c(CO)[nH]c2ncccc12. The highest BCUT2D eigenvalue weighted by molar-refractivity contribution is 5.80. The van der Waals surface area contributed by atoms with Gasteiger partial charge >= 0.3 is 0 Å². The second kappa shape index (κ2) is 2.60. The molecule has 2 N–H and O–H groups in total. The number of H-pyrrole nitrogens is 1. The monoisotopic (exact) mass is 162 g/mol. The van der Waals surface area contributed by atoms with E-state index >= 15 is 0 Å². The Morgan fingerprint density at radius 3 is 3.08 bits per heavy atom. The van der Waals surface area contributed by atoms with Gasteiger partial charge in [-0.1, -0.05) is 0 Å². The van der Waals surface area contributed by atoms with Crippen LogP contribution in [0.25, 0.3) is 11.0 Å². The number of aliphatic hydroxyl groups excluding tert-OH is 1. The number of fused-ring (bicyclic) bond motifs is 1. The lowest BCUT2D eigenvalue weighted by atomic mass is 10.2. The summed E-state index contributed by atoms with van der Waals surface area (Å²) in [5, 5.41) is 10.0.